The van der Waals surface area contributed by atoms with E-state index in [1.54, 1.807) is 0 Å². The van der Waals surface area contributed by atoms with Gasteiger partial charge in [0.2, 0.25) is 0 Å². The van der Waals surface area contributed by atoms with Gasteiger partial charge in [0.05, 0.1) is 6.61 Å². The van der Waals surface area contributed by atoms with E-state index in [1.807, 2.05) is 13.8 Å². The molecule has 20 heavy (non-hydrogen) atoms. The van der Waals surface area contributed by atoms with Gasteiger partial charge in [-0.25, -0.2) is 0 Å². The molecule has 0 saturated heterocycles. The van der Waals surface area contributed by atoms with E-state index >= 15 is 0 Å². The highest BCUT2D eigenvalue weighted by atomic mass is 16.5. The Morgan fingerprint density at radius 1 is 1.30 bits per heavy atom. The van der Waals surface area contributed by atoms with E-state index in [1.165, 1.54) is 19.3 Å². The highest BCUT2D eigenvalue weighted by Crippen LogP contribution is 2.34. The minimum Gasteiger partial charge on any atom is -0.465 e. The molecule has 1 fully saturated rings. The number of rotatable bonds is 10. The Labute approximate surface area is 124 Å². The van der Waals surface area contributed by atoms with Crippen molar-refractivity contribution in [1.82, 2.24) is 10.2 Å². The molecule has 0 aromatic carbocycles. The third-order valence-electron chi connectivity index (χ3n) is 4.49. The minimum absolute atomic E-state index is 0.0913. The van der Waals surface area contributed by atoms with Crippen LogP contribution in [0.4, 0.5) is 0 Å². The van der Waals surface area contributed by atoms with Crippen LogP contribution in [-0.2, 0) is 9.53 Å². The number of ether oxygens (including phenoxy) is 1. The van der Waals surface area contributed by atoms with Crippen LogP contribution in [0.2, 0.25) is 0 Å². The van der Waals surface area contributed by atoms with E-state index in [0.29, 0.717) is 12.5 Å². The first kappa shape index (κ1) is 17.4. The largest absolute Gasteiger partial charge is 0.465 e. The zero-order chi connectivity index (χ0) is 15.0. The van der Waals surface area contributed by atoms with Crippen LogP contribution >= 0.6 is 0 Å². The summed E-state index contributed by atoms with van der Waals surface area (Å²) in [6.45, 7) is 12.6. The van der Waals surface area contributed by atoms with Gasteiger partial charge in [-0.05, 0) is 39.3 Å². The standard InChI is InChI=1S/C16H32N2O2/c1-5-18(6-2)12-11-17-16(4,15(19)20-7-3)13-14-9-8-10-14/h14,17H,5-13H2,1-4H3. The fourth-order valence-corrected chi connectivity index (χ4v) is 2.82. The molecule has 1 rings (SSSR count). The summed E-state index contributed by atoms with van der Waals surface area (Å²) in [5, 5.41) is 3.46. The summed E-state index contributed by atoms with van der Waals surface area (Å²) in [5.74, 6) is 0.594. The van der Waals surface area contributed by atoms with E-state index in [-0.39, 0.29) is 5.97 Å². The highest BCUT2D eigenvalue weighted by Gasteiger charge is 2.38. The average Bonchev–Trinajstić information content (AvgIpc) is 2.39. The second-order valence-electron chi connectivity index (χ2n) is 6.01. The van der Waals surface area contributed by atoms with Crippen LogP contribution in [-0.4, -0.2) is 49.2 Å². The first-order chi connectivity index (χ1) is 9.55. The van der Waals surface area contributed by atoms with Gasteiger partial charge in [-0.1, -0.05) is 33.1 Å². The summed E-state index contributed by atoms with van der Waals surface area (Å²) in [6.07, 6.45) is 4.73. The maximum absolute atomic E-state index is 12.3. The molecular weight excluding hydrogens is 252 g/mol. The van der Waals surface area contributed by atoms with Crippen molar-refractivity contribution in [2.75, 3.05) is 32.8 Å². The lowest BCUT2D eigenvalue weighted by molar-refractivity contribution is -0.151. The lowest BCUT2D eigenvalue weighted by Gasteiger charge is -2.36. The van der Waals surface area contributed by atoms with Crippen LogP contribution < -0.4 is 5.32 Å². The van der Waals surface area contributed by atoms with E-state index in [0.717, 1.165) is 32.6 Å². The van der Waals surface area contributed by atoms with Gasteiger partial charge in [-0.2, -0.15) is 0 Å². The molecule has 1 N–H and O–H groups in total. The number of nitrogens with zero attached hydrogens (tertiary/aromatic N) is 1. The molecule has 0 heterocycles. The van der Waals surface area contributed by atoms with Crippen molar-refractivity contribution in [1.29, 1.82) is 0 Å². The first-order valence-corrected chi connectivity index (χ1v) is 8.20. The van der Waals surface area contributed by atoms with E-state index in [4.69, 9.17) is 4.74 Å². The normalized spacial score (nSPS) is 18.6. The van der Waals surface area contributed by atoms with Crippen molar-refractivity contribution in [3.63, 3.8) is 0 Å². The maximum Gasteiger partial charge on any atom is 0.326 e. The Bertz CT molecular complexity index is 288. The van der Waals surface area contributed by atoms with Crippen molar-refractivity contribution in [2.24, 2.45) is 5.92 Å². The van der Waals surface area contributed by atoms with Crippen molar-refractivity contribution < 1.29 is 9.53 Å². The van der Waals surface area contributed by atoms with Gasteiger partial charge in [-0.3, -0.25) is 4.79 Å². The van der Waals surface area contributed by atoms with Crippen molar-refractivity contribution in [2.45, 2.75) is 58.9 Å². The third-order valence-corrected chi connectivity index (χ3v) is 4.49. The summed E-state index contributed by atoms with van der Waals surface area (Å²) >= 11 is 0. The van der Waals surface area contributed by atoms with Crippen LogP contribution in [0.25, 0.3) is 0 Å². The van der Waals surface area contributed by atoms with Crippen LogP contribution in [0, 0.1) is 5.92 Å². The van der Waals surface area contributed by atoms with Gasteiger partial charge in [0.25, 0.3) is 0 Å². The Hall–Kier alpha value is -0.610. The van der Waals surface area contributed by atoms with E-state index in [9.17, 15) is 4.79 Å². The van der Waals surface area contributed by atoms with Crippen molar-refractivity contribution in [3.05, 3.63) is 0 Å². The molecular formula is C16H32N2O2. The lowest BCUT2D eigenvalue weighted by atomic mass is 9.76. The van der Waals surface area contributed by atoms with Gasteiger partial charge < -0.3 is 15.0 Å². The van der Waals surface area contributed by atoms with Crippen LogP contribution in [0.5, 0.6) is 0 Å². The summed E-state index contributed by atoms with van der Waals surface area (Å²) in [7, 11) is 0. The molecule has 1 aliphatic carbocycles. The fourth-order valence-electron chi connectivity index (χ4n) is 2.82. The molecule has 1 atom stereocenters. The van der Waals surface area contributed by atoms with Crippen LogP contribution in [0.3, 0.4) is 0 Å². The summed E-state index contributed by atoms with van der Waals surface area (Å²) in [6, 6.07) is 0. The zero-order valence-electron chi connectivity index (χ0n) is 13.7. The quantitative estimate of drug-likeness (QED) is 0.626. The molecule has 1 aliphatic rings. The molecule has 118 valence electrons. The zero-order valence-corrected chi connectivity index (χ0v) is 13.7. The molecule has 0 aliphatic heterocycles. The third kappa shape index (κ3) is 5.06. The Morgan fingerprint density at radius 2 is 1.95 bits per heavy atom. The molecule has 1 unspecified atom stereocenters. The van der Waals surface area contributed by atoms with Crippen molar-refractivity contribution >= 4 is 5.97 Å². The molecule has 0 aromatic rings. The Kier molecular flexibility index (Phi) is 7.52. The summed E-state index contributed by atoms with van der Waals surface area (Å²) < 4.78 is 5.27. The van der Waals surface area contributed by atoms with Crippen LogP contribution in [0.1, 0.15) is 53.4 Å². The number of hydrogen-bond acceptors (Lipinski definition) is 4. The first-order valence-electron chi connectivity index (χ1n) is 8.20. The van der Waals surface area contributed by atoms with Gasteiger partial charge in [0.15, 0.2) is 0 Å². The lowest BCUT2D eigenvalue weighted by Crippen LogP contribution is -2.54. The van der Waals surface area contributed by atoms with Crippen LogP contribution in [0.15, 0.2) is 0 Å². The summed E-state index contributed by atoms with van der Waals surface area (Å²) in [4.78, 5) is 14.6. The predicted octanol–water partition coefficient (Wildman–Crippen LogP) is 2.43. The minimum atomic E-state index is -0.520. The fraction of sp³-hybridized carbons (Fsp3) is 0.938. The predicted molar refractivity (Wildman–Crippen MR) is 82.8 cm³/mol. The molecule has 0 spiro atoms. The molecule has 0 radical (unpaired) electrons. The number of hydrogen-bond donors (Lipinski definition) is 1. The topological polar surface area (TPSA) is 41.6 Å². The average molecular weight is 284 g/mol. The van der Waals surface area contributed by atoms with Gasteiger partial charge >= 0.3 is 5.97 Å². The van der Waals surface area contributed by atoms with E-state index in [2.05, 4.69) is 24.1 Å². The van der Waals surface area contributed by atoms with Gasteiger partial charge in [0.1, 0.15) is 5.54 Å². The maximum atomic E-state index is 12.3. The molecule has 4 heteroatoms. The van der Waals surface area contributed by atoms with Crippen molar-refractivity contribution in [3.8, 4) is 0 Å². The van der Waals surface area contributed by atoms with Gasteiger partial charge in [-0.15, -0.1) is 0 Å². The molecule has 0 bridgehead atoms. The Morgan fingerprint density at radius 3 is 2.40 bits per heavy atom. The summed E-state index contributed by atoms with van der Waals surface area (Å²) in [5.41, 5.74) is -0.520. The molecule has 1 saturated carbocycles. The smallest absolute Gasteiger partial charge is 0.326 e. The molecule has 4 nitrogen and oxygen atoms in total. The number of likely N-dealkylation sites (N-methyl/N-ethyl adjacent to an activating group) is 1. The molecule has 0 aromatic heterocycles. The van der Waals surface area contributed by atoms with Gasteiger partial charge in [0, 0.05) is 13.1 Å². The second-order valence-corrected chi connectivity index (χ2v) is 6.01. The Balaban J connectivity index is 2.50. The van der Waals surface area contributed by atoms with E-state index < -0.39 is 5.54 Å². The number of carbonyl (C=O) groups excluding carboxylic acids is 1. The SMILES string of the molecule is CCOC(=O)C(C)(CC1CCC1)NCCN(CC)CC. The number of nitrogens with one attached hydrogen (secondary N) is 1. The molecule has 0 amide bonds. The number of esters is 1. The number of carbonyl (C=O) groups is 1. The monoisotopic (exact) mass is 284 g/mol. The second kappa shape index (κ2) is 8.63. The highest BCUT2D eigenvalue weighted by molar-refractivity contribution is 5.80.